The van der Waals surface area contributed by atoms with Crippen LogP contribution in [0.3, 0.4) is 0 Å². The molecule has 0 aliphatic rings. The summed E-state index contributed by atoms with van der Waals surface area (Å²) in [5.74, 6) is -4.36. The van der Waals surface area contributed by atoms with Crippen LogP contribution in [0, 0.1) is 0 Å². The summed E-state index contributed by atoms with van der Waals surface area (Å²) in [6.07, 6.45) is 3.48. The van der Waals surface area contributed by atoms with Crippen LogP contribution in [0.5, 0.6) is 0 Å². The highest BCUT2D eigenvalue weighted by atomic mass is 16.4. The average Bonchev–Trinajstić information content (AvgIpc) is 3.22. The molecule has 0 saturated heterocycles. The van der Waals surface area contributed by atoms with Gasteiger partial charge in [-0.15, -0.1) is 0 Å². The zero-order valence-corrected chi connectivity index (χ0v) is 16.9. The second-order valence-electron chi connectivity index (χ2n) is 6.76. The number of carbonyl (C=O) groups excluding carboxylic acids is 3. The van der Waals surface area contributed by atoms with E-state index in [-0.39, 0.29) is 25.7 Å². The number of nitrogens with two attached hydrogens (primary N) is 1. The molecule has 13 heteroatoms. The zero-order valence-electron chi connectivity index (χ0n) is 16.9. The number of amides is 3. The van der Waals surface area contributed by atoms with E-state index in [0.29, 0.717) is 25.1 Å². The lowest BCUT2D eigenvalue weighted by Crippen LogP contribution is -2.53. The maximum Gasteiger partial charge on any atom is 0.326 e. The number of carboxylic acids is 2. The quantitative estimate of drug-likeness (QED) is 0.152. The third kappa shape index (κ3) is 10.7. The number of imidazole rings is 1. The van der Waals surface area contributed by atoms with Gasteiger partial charge in [-0.25, -0.2) is 9.78 Å². The summed E-state index contributed by atoms with van der Waals surface area (Å²) in [4.78, 5) is 64.8. The van der Waals surface area contributed by atoms with Gasteiger partial charge in [0.15, 0.2) is 0 Å². The summed E-state index contributed by atoms with van der Waals surface area (Å²) >= 11 is 0. The molecule has 8 N–H and O–H groups in total. The molecule has 0 fully saturated rings. The molecule has 1 heterocycles. The maximum absolute atomic E-state index is 12.6. The van der Waals surface area contributed by atoms with Crippen molar-refractivity contribution >= 4 is 29.7 Å². The lowest BCUT2D eigenvalue weighted by molar-refractivity contribution is -0.142. The molecule has 1 aromatic rings. The minimum absolute atomic E-state index is 0.0236. The van der Waals surface area contributed by atoms with Gasteiger partial charge in [-0.05, 0) is 25.8 Å². The Hall–Kier alpha value is -3.48. The molecule has 0 aromatic carbocycles. The van der Waals surface area contributed by atoms with E-state index in [1.54, 1.807) is 0 Å². The van der Waals surface area contributed by atoms with Gasteiger partial charge >= 0.3 is 11.9 Å². The van der Waals surface area contributed by atoms with Gasteiger partial charge in [0.2, 0.25) is 17.7 Å². The van der Waals surface area contributed by atoms with Crippen LogP contribution in [0.1, 0.15) is 37.8 Å². The minimum atomic E-state index is -1.25. The third-order valence-corrected chi connectivity index (χ3v) is 4.20. The fraction of sp³-hybridized carbons (Fsp3) is 0.556. The van der Waals surface area contributed by atoms with Gasteiger partial charge in [0.1, 0.15) is 12.1 Å². The number of carbonyl (C=O) groups is 5. The molecule has 0 spiro atoms. The Balaban J connectivity index is 2.66. The van der Waals surface area contributed by atoms with Gasteiger partial charge in [0, 0.05) is 24.7 Å². The molecule has 0 aliphatic heterocycles. The standard InChI is InChI=1S/C18H28N6O7/c19-6-2-1-3-12(23-15(26)9-21-14(25)4-5-16(27)28)17(29)24-13(18(30)31)7-11-8-20-10-22-11/h8,10,12-13H,1-7,9,19H2,(H,20,22)(H,21,25)(H,23,26)(H,24,29)(H,27,28)(H,30,31)/t12-,13-/m0/s1. The summed E-state index contributed by atoms with van der Waals surface area (Å²) in [7, 11) is 0. The summed E-state index contributed by atoms with van der Waals surface area (Å²) in [5, 5.41) is 25.1. The van der Waals surface area contributed by atoms with Gasteiger partial charge in [-0.3, -0.25) is 19.2 Å². The first-order valence-corrected chi connectivity index (χ1v) is 9.71. The lowest BCUT2D eigenvalue weighted by atomic mass is 10.1. The first kappa shape index (κ1) is 25.6. The van der Waals surface area contributed by atoms with Crippen molar-refractivity contribution in [2.75, 3.05) is 13.1 Å². The normalized spacial score (nSPS) is 12.4. The monoisotopic (exact) mass is 440 g/mol. The number of nitrogens with one attached hydrogen (secondary N) is 4. The van der Waals surface area contributed by atoms with Crippen molar-refractivity contribution in [2.24, 2.45) is 5.73 Å². The Labute approximate surface area is 178 Å². The Kier molecular flexibility index (Phi) is 11.3. The smallest absolute Gasteiger partial charge is 0.326 e. The van der Waals surface area contributed by atoms with E-state index in [1.165, 1.54) is 12.5 Å². The molecule has 31 heavy (non-hydrogen) atoms. The summed E-state index contributed by atoms with van der Waals surface area (Å²) in [6.45, 7) is -0.0604. The van der Waals surface area contributed by atoms with Crippen molar-refractivity contribution in [3.05, 3.63) is 18.2 Å². The van der Waals surface area contributed by atoms with E-state index >= 15 is 0 Å². The number of unbranched alkanes of at least 4 members (excludes halogenated alkanes) is 1. The van der Waals surface area contributed by atoms with E-state index in [4.69, 9.17) is 10.8 Å². The van der Waals surface area contributed by atoms with E-state index in [0.717, 1.165) is 0 Å². The summed E-state index contributed by atoms with van der Waals surface area (Å²) in [6, 6.07) is -2.27. The fourth-order valence-electron chi connectivity index (χ4n) is 2.58. The van der Waals surface area contributed by atoms with Crippen LogP contribution in [-0.2, 0) is 30.4 Å². The first-order chi connectivity index (χ1) is 14.7. The third-order valence-electron chi connectivity index (χ3n) is 4.20. The van der Waals surface area contributed by atoms with Crippen molar-refractivity contribution in [1.29, 1.82) is 0 Å². The Morgan fingerprint density at radius 2 is 1.77 bits per heavy atom. The number of nitrogens with zero attached hydrogens (tertiary/aromatic N) is 1. The first-order valence-electron chi connectivity index (χ1n) is 9.71. The molecular formula is C18H28N6O7. The van der Waals surface area contributed by atoms with E-state index < -0.39 is 48.3 Å². The van der Waals surface area contributed by atoms with Crippen molar-refractivity contribution < 1.29 is 34.2 Å². The van der Waals surface area contributed by atoms with Gasteiger partial charge < -0.3 is 36.9 Å². The number of hydrogen-bond acceptors (Lipinski definition) is 7. The number of carboxylic acid groups (broad SMARTS) is 2. The minimum Gasteiger partial charge on any atom is -0.481 e. The van der Waals surface area contributed by atoms with Crippen LogP contribution in [-0.4, -0.2) is 75.0 Å². The second-order valence-corrected chi connectivity index (χ2v) is 6.76. The molecule has 1 rings (SSSR count). The molecule has 0 aliphatic carbocycles. The highest BCUT2D eigenvalue weighted by Gasteiger charge is 2.27. The van der Waals surface area contributed by atoms with E-state index in [1.807, 2.05) is 0 Å². The van der Waals surface area contributed by atoms with Crippen LogP contribution < -0.4 is 21.7 Å². The van der Waals surface area contributed by atoms with Crippen LogP contribution in [0.2, 0.25) is 0 Å². The fourth-order valence-corrected chi connectivity index (χ4v) is 2.58. The number of H-pyrrole nitrogens is 1. The van der Waals surface area contributed by atoms with Crippen molar-refractivity contribution in [1.82, 2.24) is 25.9 Å². The number of aromatic amines is 1. The molecule has 0 saturated carbocycles. The second kappa shape index (κ2) is 13.7. The van der Waals surface area contributed by atoms with Crippen LogP contribution in [0.25, 0.3) is 0 Å². The predicted molar refractivity (Wildman–Crippen MR) is 107 cm³/mol. The molecule has 0 radical (unpaired) electrons. The topological polar surface area (TPSA) is 217 Å². The van der Waals surface area contributed by atoms with Crippen molar-refractivity contribution in [3.63, 3.8) is 0 Å². The Bertz CT molecular complexity index is 753. The van der Waals surface area contributed by atoms with Gasteiger partial charge in [-0.1, -0.05) is 0 Å². The molecule has 172 valence electrons. The van der Waals surface area contributed by atoms with Gasteiger partial charge in [0.25, 0.3) is 0 Å². The van der Waals surface area contributed by atoms with Gasteiger partial charge in [-0.2, -0.15) is 0 Å². The summed E-state index contributed by atoms with van der Waals surface area (Å²) < 4.78 is 0. The van der Waals surface area contributed by atoms with E-state index in [2.05, 4.69) is 25.9 Å². The number of aromatic nitrogens is 2. The van der Waals surface area contributed by atoms with Crippen molar-refractivity contribution in [3.8, 4) is 0 Å². The highest BCUT2D eigenvalue weighted by Crippen LogP contribution is 2.04. The maximum atomic E-state index is 12.6. The highest BCUT2D eigenvalue weighted by molar-refractivity contribution is 5.92. The molecule has 0 unspecified atom stereocenters. The Morgan fingerprint density at radius 1 is 1.03 bits per heavy atom. The number of hydrogen-bond donors (Lipinski definition) is 7. The number of aliphatic carboxylic acids is 2. The molecule has 1 aromatic heterocycles. The lowest BCUT2D eigenvalue weighted by Gasteiger charge is -2.21. The van der Waals surface area contributed by atoms with Gasteiger partial charge in [0.05, 0.1) is 19.3 Å². The molecular weight excluding hydrogens is 412 g/mol. The number of rotatable bonds is 15. The average molecular weight is 440 g/mol. The molecule has 3 amide bonds. The van der Waals surface area contributed by atoms with E-state index in [9.17, 15) is 29.1 Å². The molecule has 2 atom stereocenters. The van der Waals surface area contributed by atoms with Crippen LogP contribution in [0.15, 0.2) is 12.5 Å². The zero-order chi connectivity index (χ0) is 23.2. The largest absolute Gasteiger partial charge is 0.481 e. The molecule has 13 nitrogen and oxygen atoms in total. The molecule has 0 bridgehead atoms. The van der Waals surface area contributed by atoms with Crippen LogP contribution in [0.4, 0.5) is 0 Å². The summed E-state index contributed by atoms with van der Waals surface area (Å²) in [5.41, 5.74) is 5.97. The SMILES string of the molecule is NCCCC[C@H](NC(=O)CNC(=O)CCC(=O)O)C(=O)N[C@@H](Cc1cnc[nH]1)C(=O)O. The Morgan fingerprint density at radius 3 is 2.35 bits per heavy atom. The predicted octanol–water partition coefficient (Wildman–Crippen LogP) is -1.88. The van der Waals surface area contributed by atoms with Crippen molar-refractivity contribution in [2.45, 2.75) is 50.6 Å². The van der Waals surface area contributed by atoms with Crippen LogP contribution >= 0.6 is 0 Å².